The van der Waals surface area contributed by atoms with Crippen molar-refractivity contribution in [1.82, 2.24) is 19.9 Å². The summed E-state index contributed by atoms with van der Waals surface area (Å²) in [6.07, 6.45) is 8.08. The molecule has 0 spiro atoms. The second-order valence-corrected chi connectivity index (χ2v) is 47.2. The van der Waals surface area contributed by atoms with Gasteiger partial charge in [0, 0.05) is 47.4 Å². The first kappa shape index (κ1) is 91.6. The first-order valence-corrected chi connectivity index (χ1v) is 51.6. The summed E-state index contributed by atoms with van der Waals surface area (Å²) in [6.45, 7) is 32.9. The van der Waals surface area contributed by atoms with Gasteiger partial charge in [-0.15, -0.1) is 47.5 Å². The number of aromatic nitrogens is 4. The Hall–Kier alpha value is -10.3. The van der Waals surface area contributed by atoms with E-state index >= 15 is 0 Å². The number of ether oxygens (including phenoxy) is 3. The average Bonchev–Trinajstić information content (AvgIpc) is 0.810. The van der Waals surface area contributed by atoms with Gasteiger partial charge in [-0.2, -0.15) is 0 Å². The first-order valence-electron chi connectivity index (χ1n) is 39.8. The molecule has 0 bridgehead atoms. The maximum atomic E-state index is 10.2. The summed E-state index contributed by atoms with van der Waals surface area (Å²) in [5.74, 6) is 4.16. The Bertz CT molecular complexity index is 4970. The molecule has 14 aromatic rings. The van der Waals surface area contributed by atoms with E-state index in [1.54, 1.807) is 42.7 Å². The van der Waals surface area contributed by atoms with E-state index in [-0.39, 0.29) is 21.1 Å². The van der Waals surface area contributed by atoms with E-state index in [1.807, 2.05) is 241 Å². The van der Waals surface area contributed by atoms with Crippen LogP contribution in [0.25, 0.3) is 45.0 Å². The third kappa shape index (κ3) is 26.9. The maximum absolute atomic E-state index is 10.2. The van der Waals surface area contributed by atoms with Crippen molar-refractivity contribution >= 4 is 90.8 Å². The maximum Gasteiger partial charge on any atom is 2.00 e. The summed E-state index contributed by atoms with van der Waals surface area (Å²) in [7, 11) is -2.02. The molecule has 10 aromatic carbocycles. The summed E-state index contributed by atoms with van der Waals surface area (Å²) in [6, 6.07) is 113. The SMILES string of the molecule is CC(C)(O)C(C)(C)O[B]c1cccc(Oc2cccc([B]OC(C)(C)C(C)(C)O)c2)c1.C[SiH](C)c1ccc(-c2[c-]c(Oc3[c-]c(-c4ccc([Si](C)(C)c5ccccc5)cn4)ccc3)ccc2)nc1.C[SiH](C)c1ccc(-c2cccc(Oc3cccc(-c4ccc([Si](C)(C)c5ccccc5)cn4)c3)c2)nc1.[Pt+2].c1ccccc1.c1ccccc1. The molecule has 0 aliphatic carbocycles. The van der Waals surface area contributed by atoms with Crippen LogP contribution in [0.4, 0.5) is 0 Å². The fourth-order valence-electron chi connectivity index (χ4n) is 11.7. The van der Waals surface area contributed by atoms with Crippen LogP contribution in [0.15, 0.2) is 340 Å². The molecule has 118 heavy (non-hydrogen) atoms. The van der Waals surface area contributed by atoms with Crippen molar-refractivity contribution in [3.63, 3.8) is 0 Å². The Morgan fingerprint density at radius 2 is 0.619 bits per heavy atom. The second-order valence-electron chi connectivity index (χ2n) is 32.4. The van der Waals surface area contributed by atoms with Gasteiger partial charge in [0.05, 0.1) is 51.4 Å². The van der Waals surface area contributed by atoms with Crippen LogP contribution >= 0.6 is 0 Å². The normalized spacial score (nSPS) is 11.5. The molecule has 0 saturated heterocycles. The van der Waals surface area contributed by atoms with Crippen molar-refractivity contribution in [3.8, 4) is 79.5 Å². The van der Waals surface area contributed by atoms with Gasteiger partial charge in [-0.05, 0) is 159 Å². The van der Waals surface area contributed by atoms with Gasteiger partial charge in [-0.25, -0.2) is 0 Å². The van der Waals surface area contributed by atoms with Crippen LogP contribution < -0.4 is 56.3 Å². The minimum Gasteiger partial charge on any atom is -0.497 e. The molecule has 11 nitrogen and oxygen atoms in total. The van der Waals surface area contributed by atoms with Crippen LogP contribution in [0, 0.1) is 12.1 Å². The molecule has 14 rings (SSSR count). The zero-order chi connectivity index (χ0) is 83.6. The fraction of sp³-hybridized carbons (Fsp3) is 0.200. The zero-order valence-electron chi connectivity index (χ0n) is 70.7. The zero-order valence-corrected chi connectivity index (χ0v) is 77.3. The molecule has 2 radical (unpaired) electrons. The van der Waals surface area contributed by atoms with E-state index in [2.05, 4.69) is 202 Å². The third-order valence-electron chi connectivity index (χ3n) is 20.9. The summed E-state index contributed by atoms with van der Waals surface area (Å²) in [5.41, 5.74) is 5.76. The number of rotatable bonds is 24. The van der Waals surface area contributed by atoms with E-state index < -0.39 is 56.1 Å². The van der Waals surface area contributed by atoms with Gasteiger partial charge >= 0.3 is 36.0 Å². The third-order valence-corrected chi connectivity index (χ3v) is 31.3. The molecular formula is C100H108B2N4O7PtSi4. The first-order chi connectivity index (χ1) is 55.9. The summed E-state index contributed by atoms with van der Waals surface area (Å²) < 4.78 is 30.1. The summed E-state index contributed by atoms with van der Waals surface area (Å²) in [5, 5.41) is 28.7. The van der Waals surface area contributed by atoms with Crippen molar-refractivity contribution in [2.45, 2.75) is 130 Å². The number of hydrogen-bond acceptors (Lipinski definition) is 11. The molecule has 0 fully saturated rings. The number of hydrogen-bond donors (Lipinski definition) is 2. The quantitative estimate of drug-likeness (QED) is 0.0442. The molecule has 4 heterocycles. The van der Waals surface area contributed by atoms with Gasteiger partial charge in [0.15, 0.2) is 0 Å². The second kappa shape index (κ2) is 42.9. The van der Waals surface area contributed by atoms with E-state index in [0.29, 0.717) is 23.0 Å². The Kier molecular flexibility index (Phi) is 33.3. The molecule has 2 N–H and O–H groups in total. The number of pyridine rings is 4. The van der Waals surface area contributed by atoms with E-state index in [9.17, 15) is 10.2 Å². The van der Waals surface area contributed by atoms with Crippen LogP contribution in [0.5, 0.6) is 34.5 Å². The molecule has 0 amide bonds. The molecule has 0 unspecified atom stereocenters. The molecule has 0 aliphatic heterocycles. The van der Waals surface area contributed by atoms with Crippen LogP contribution in [0.2, 0.25) is 52.4 Å². The van der Waals surface area contributed by atoms with E-state index in [1.165, 1.54) is 31.1 Å². The van der Waals surface area contributed by atoms with Crippen molar-refractivity contribution in [3.05, 3.63) is 352 Å². The minimum absolute atomic E-state index is 0. The summed E-state index contributed by atoms with van der Waals surface area (Å²) >= 11 is 0. The Morgan fingerprint density at radius 3 is 0.941 bits per heavy atom. The standard InChI is InChI=1S/C32H32N2OSi2.C32H30N2OSi2.C24H34B2O5.2C6H6.Pt/c2*1-36(2)28-16-18-31(33-22-28)24-10-8-12-26(20-24)35-27-13-9-11-25(21-27)32-19-17-30(23-34-32)37(3,4)29-14-6-5-7-15-29;1-21(2,27)23(5,6)30-25-17-11-9-13-19(15-17)29-20-14-10-12-18(16-20)26-31-24(7,8)22(3,4)28;2*1-2-4-6-5-3-1;/h5-23,36H,1-4H3;5-19,22-23,36H,1-4H3;9-16,27-28H,1-8H3;2*1-6H;/q;-2;;;;+2. The smallest absolute Gasteiger partial charge is 0.497 e. The number of aliphatic hydroxyl groups is 2. The minimum atomic E-state index is -1.79. The van der Waals surface area contributed by atoms with E-state index in [4.69, 9.17) is 33.5 Å². The van der Waals surface area contributed by atoms with Crippen LogP contribution in [0.3, 0.4) is 0 Å². The van der Waals surface area contributed by atoms with Gasteiger partial charge < -0.3 is 43.7 Å². The predicted octanol–water partition coefficient (Wildman–Crippen LogP) is 18.3. The van der Waals surface area contributed by atoms with Crippen molar-refractivity contribution < 1.29 is 54.8 Å². The molecule has 4 aromatic heterocycles. The Morgan fingerprint density at radius 1 is 0.314 bits per heavy atom. The number of benzene rings is 10. The van der Waals surface area contributed by atoms with Crippen molar-refractivity contribution in [2.75, 3.05) is 0 Å². The van der Waals surface area contributed by atoms with Crippen molar-refractivity contribution in [2.24, 2.45) is 0 Å². The Balaban J connectivity index is 0.000000187. The van der Waals surface area contributed by atoms with Gasteiger partial charge in [0.25, 0.3) is 0 Å². The van der Waals surface area contributed by atoms with Gasteiger partial charge in [0.2, 0.25) is 0 Å². The average molecular weight is 1810 g/mol. The Labute approximate surface area is 722 Å². The fourth-order valence-corrected chi connectivity index (χ4v) is 17.9. The van der Waals surface area contributed by atoms with Gasteiger partial charge in [-0.1, -0.05) is 293 Å². The monoisotopic (exact) mass is 1810 g/mol. The molecule has 602 valence electrons. The van der Waals surface area contributed by atoms with Crippen molar-refractivity contribution in [1.29, 1.82) is 0 Å². The van der Waals surface area contributed by atoms with Crippen LogP contribution in [0.1, 0.15) is 55.4 Å². The van der Waals surface area contributed by atoms with Gasteiger partial charge in [-0.3, -0.25) is 9.97 Å². The topological polar surface area (TPSA) is 138 Å². The largest absolute Gasteiger partial charge is 2.00 e. The number of nitrogens with zero attached hydrogens (tertiary/aromatic N) is 4. The van der Waals surface area contributed by atoms with Crippen LogP contribution in [-0.2, 0) is 30.4 Å². The molecular weight excluding hydrogens is 1700 g/mol. The predicted molar refractivity (Wildman–Crippen MR) is 499 cm³/mol. The molecule has 0 aliphatic rings. The van der Waals surface area contributed by atoms with E-state index in [0.717, 1.165) is 67.5 Å². The van der Waals surface area contributed by atoms with Gasteiger partial charge in [0.1, 0.15) is 39.1 Å². The molecule has 0 atom stereocenters. The van der Waals surface area contributed by atoms with Crippen LogP contribution in [-0.4, -0.2) is 101 Å². The molecule has 18 heteroatoms. The molecule has 0 saturated carbocycles. The summed E-state index contributed by atoms with van der Waals surface area (Å²) in [4.78, 5) is 19.0.